The van der Waals surface area contributed by atoms with E-state index in [0.29, 0.717) is 13.0 Å². The molecule has 1 heterocycles. The number of nitrogens with zero attached hydrogens (tertiary/aromatic N) is 3. The van der Waals surface area contributed by atoms with E-state index in [9.17, 15) is 13.2 Å². The molecule has 0 saturated heterocycles. The number of hydrogen-bond donors (Lipinski definition) is 0. The van der Waals surface area contributed by atoms with Gasteiger partial charge >= 0.3 is 6.18 Å². The zero-order valence-electron chi connectivity index (χ0n) is 14.7. The Labute approximate surface area is 164 Å². The molecular weight excluding hydrogens is 458 g/mol. The van der Waals surface area contributed by atoms with Gasteiger partial charge in [-0.15, -0.1) is 0 Å². The van der Waals surface area contributed by atoms with Crippen molar-refractivity contribution in [3.05, 3.63) is 39.6 Å². The summed E-state index contributed by atoms with van der Waals surface area (Å²) in [5.41, 5.74) is -0.138. The fourth-order valence-electron chi connectivity index (χ4n) is 2.37. The molecule has 0 spiro atoms. The smallest absolute Gasteiger partial charge is 0.423 e. The van der Waals surface area contributed by atoms with Crippen LogP contribution in [0.1, 0.15) is 38.7 Å². The largest absolute Gasteiger partial charge is 0.477 e. The lowest BCUT2D eigenvalue weighted by Gasteiger charge is -2.22. The number of rotatable bonds is 8. The molecule has 0 amide bonds. The van der Waals surface area contributed by atoms with Crippen LogP contribution in [0.15, 0.2) is 30.5 Å². The third-order valence-corrected chi connectivity index (χ3v) is 4.45. The number of hydrogen-bond acceptors (Lipinski definition) is 4. The first kappa shape index (κ1) is 20.7. The van der Waals surface area contributed by atoms with Crippen LogP contribution in [0.2, 0.25) is 0 Å². The number of halogens is 4. The van der Waals surface area contributed by atoms with E-state index in [1.54, 1.807) is 4.90 Å². The highest BCUT2D eigenvalue weighted by Gasteiger charge is 2.36. The van der Waals surface area contributed by atoms with Crippen LogP contribution >= 0.6 is 22.6 Å². The lowest BCUT2D eigenvalue weighted by Crippen LogP contribution is -2.21. The Balaban J connectivity index is 2.34. The van der Waals surface area contributed by atoms with Gasteiger partial charge in [-0.25, -0.2) is 4.98 Å². The van der Waals surface area contributed by atoms with Crippen LogP contribution in [0, 0.1) is 3.57 Å². The molecule has 0 radical (unpaired) electrons. The van der Waals surface area contributed by atoms with Gasteiger partial charge in [0.05, 0.1) is 6.61 Å². The number of alkyl halides is 3. The topological polar surface area (TPSA) is 38.2 Å². The van der Waals surface area contributed by atoms with E-state index in [4.69, 9.17) is 4.74 Å². The SMILES string of the molecule is CCCCCOc1nc(N(CC)c2ccc(I)cc2)ncc1C(F)(F)F. The summed E-state index contributed by atoms with van der Waals surface area (Å²) < 4.78 is 46.1. The van der Waals surface area contributed by atoms with Crippen LogP contribution in [0.4, 0.5) is 24.8 Å². The maximum Gasteiger partial charge on any atom is 0.423 e. The second-order valence-corrected chi connectivity index (χ2v) is 6.91. The highest BCUT2D eigenvalue weighted by atomic mass is 127. The van der Waals surface area contributed by atoms with Gasteiger partial charge < -0.3 is 9.64 Å². The van der Waals surface area contributed by atoms with Crippen molar-refractivity contribution in [3.8, 4) is 5.88 Å². The minimum atomic E-state index is -4.56. The summed E-state index contributed by atoms with van der Waals surface area (Å²) >= 11 is 2.19. The molecule has 26 heavy (non-hydrogen) atoms. The molecule has 2 rings (SSSR count). The van der Waals surface area contributed by atoms with Crippen molar-refractivity contribution in [2.24, 2.45) is 0 Å². The molecule has 0 aliphatic rings. The van der Waals surface area contributed by atoms with Crippen molar-refractivity contribution in [1.82, 2.24) is 9.97 Å². The monoisotopic (exact) mass is 479 g/mol. The molecule has 0 saturated carbocycles. The van der Waals surface area contributed by atoms with E-state index in [1.807, 2.05) is 38.1 Å². The first-order chi connectivity index (χ1) is 12.4. The molecule has 1 aromatic carbocycles. The van der Waals surface area contributed by atoms with Crippen LogP contribution in [0.25, 0.3) is 0 Å². The van der Waals surface area contributed by atoms with Crippen molar-refractivity contribution >= 4 is 34.2 Å². The summed E-state index contributed by atoms with van der Waals surface area (Å²) in [6.45, 7) is 4.62. The molecule has 142 valence electrons. The zero-order valence-corrected chi connectivity index (χ0v) is 16.8. The molecule has 8 heteroatoms. The number of anilines is 2. The molecule has 1 aromatic heterocycles. The molecule has 0 aliphatic heterocycles. The molecule has 2 aromatic rings. The Kier molecular flexibility index (Phi) is 7.48. The van der Waals surface area contributed by atoms with E-state index in [2.05, 4.69) is 32.6 Å². The lowest BCUT2D eigenvalue weighted by molar-refractivity contribution is -0.139. The molecule has 0 unspecified atom stereocenters. The van der Waals surface area contributed by atoms with Gasteiger partial charge in [-0.3, -0.25) is 0 Å². The minimum absolute atomic E-state index is 0.187. The summed E-state index contributed by atoms with van der Waals surface area (Å²) in [7, 11) is 0. The summed E-state index contributed by atoms with van der Waals surface area (Å²) in [5, 5.41) is 0. The minimum Gasteiger partial charge on any atom is -0.477 e. The van der Waals surface area contributed by atoms with Crippen LogP contribution in [0.3, 0.4) is 0 Å². The van der Waals surface area contributed by atoms with Gasteiger partial charge in [0.15, 0.2) is 0 Å². The zero-order chi connectivity index (χ0) is 19.2. The summed E-state index contributed by atoms with van der Waals surface area (Å²) in [6.07, 6.45) is -1.23. The molecular formula is C18H21F3IN3O. The van der Waals surface area contributed by atoms with E-state index in [0.717, 1.165) is 28.3 Å². The molecule has 0 bridgehead atoms. The van der Waals surface area contributed by atoms with Crippen LogP contribution < -0.4 is 9.64 Å². The van der Waals surface area contributed by atoms with Gasteiger partial charge in [-0.05, 0) is 60.2 Å². The van der Waals surface area contributed by atoms with Crippen molar-refractivity contribution < 1.29 is 17.9 Å². The predicted octanol–water partition coefficient (Wildman–Crippen LogP) is 5.83. The number of benzene rings is 1. The Bertz CT molecular complexity index is 708. The van der Waals surface area contributed by atoms with Gasteiger partial charge in [0, 0.05) is 22.0 Å². The van der Waals surface area contributed by atoms with E-state index in [1.165, 1.54) is 0 Å². The Morgan fingerprint density at radius 1 is 1.12 bits per heavy atom. The standard InChI is InChI=1S/C18H21F3IN3O/c1-3-5-6-11-26-16-15(18(19,20)21)12-23-17(24-16)25(4-2)14-9-7-13(22)8-10-14/h7-10,12H,3-6,11H2,1-2H3. The van der Waals surface area contributed by atoms with Gasteiger partial charge in [0.2, 0.25) is 11.8 Å². The average Bonchev–Trinajstić information content (AvgIpc) is 2.60. The number of unbranched alkanes of at least 4 members (excludes halogenated alkanes) is 2. The Morgan fingerprint density at radius 3 is 2.38 bits per heavy atom. The summed E-state index contributed by atoms with van der Waals surface area (Å²) in [4.78, 5) is 9.76. The first-order valence-corrected chi connectivity index (χ1v) is 9.54. The molecule has 0 aliphatic carbocycles. The van der Waals surface area contributed by atoms with Crippen molar-refractivity contribution in [3.63, 3.8) is 0 Å². The highest BCUT2D eigenvalue weighted by Crippen LogP contribution is 2.36. The molecule has 0 N–H and O–H groups in total. The third kappa shape index (κ3) is 5.46. The normalized spacial score (nSPS) is 11.5. The predicted molar refractivity (Wildman–Crippen MR) is 104 cm³/mol. The van der Waals surface area contributed by atoms with Gasteiger partial charge in [0.1, 0.15) is 5.56 Å². The van der Waals surface area contributed by atoms with Crippen molar-refractivity contribution in [2.75, 3.05) is 18.1 Å². The lowest BCUT2D eigenvalue weighted by atomic mass is 10.2. The first-order valence-electron chi connectivity index (χ1n) is 8.47. The Hall–Kier alpha value is -1.58. The quantitative estimate of drug-likeness (QED) is 0.353. The van der Waals surface area contributed by atoms with Crippen LogP contribution in [-0.4, -0.2) is 23.1 Å². The number of ether oxygens (including phenoxy) is 1. The van der Waals surface area contributed by atoms with Crippen LogP contribution in [-0.2, 0) is 6.18 Å². The van der Waals surface area contributed by atoms with E-state index < -0.39 is 17.6 Å². The average molecular weight is 479 g/mol. The highest BCUT2D eigenvalue weighted by molar-refractivity contribution is 14.1. The van der Waals surface area contributed by atoms with Crippen LogP contribution in [0.5, 0.6) is 5.88 Å². The summed E-state index contributed by atoms with van der Waals surface area (Å²) in [5.74, 6) is -0.227. The third-order valence-electron chi connectivity index (χ3n) is 3.73. The van der Waals surface area contributed by atoms with Crippen molar-refractivity contribution in [2.45, 2.75) is 39.3 Å². The number of aromatic nitrogens is 2. The molecule has 4 nitrogen and oxygen atoms in total. The fourth-order valence-corrected chi connectivity index (χ4v) is 2.73. The summed E-state index contributed by atoms with van der Waals surface area (Å²) in [6, 6.07) is 7.61. The van der Waals surface area contributed by atoms with Gasteiger partial charge in [-0.1, -0.05) is 19.8 Å². The second-order valence-electron chi connectivity index (χ2n) is 5.66. The van der Waals surface area contributed by atoms with E-state index >= 15 is 0 Å². The maximum absolute atomic E-state index is 13.2. The van der Waals surface area contributed by atoms with Gasteiger partial charge in [0.25, 0.3) is 0 Å². The van der Waals surface area contributed by atoms with E-state index in [-0.39, 0.29) is 12.6 Å². The van der Waals surface area contributed by atoms with Crippen molar-refractivity contribution in [1.29, 1.82) is 0 Å². The Morgan fingerprint density at radius 2 is 1.81 bits per heavy atom. The molecule has 0 atom stereocenters. The fraction of sp³-hybridized carbons (Fsp3) is 0.444. The molecule has 0 fully saturated rings. The van der Waals surface area contributed by atoms with Gasteiger partial charge in [-0.2, -0.15) is 18.2 Å². The second kappa shape index (κ2) is 9.38. The maximum atomic E-state index is 13.2.